The van der Waals surface area contributed by atoms with Gasteiger partial charge in [-0.25, -0.2) is 0 Å². The molecule has 0 aromatic carbocycles. The van der Waals surface area contributed by atoms with Crippen LogP contribution in [0.25, 0.3) is 0 Å². The van der Waals surface area contributed by atoms with Crippen molar-refractivity contribution in [2.24, 2.45) is 0 Å². The number of epoxide rings is 1. The van der Waals surface area contributed by atoms with E-state index >= 15 is 0 Å². The number of hydrogen-bond acceptors (Lipinski definition) is 5. The summed E-state index contributed by atoms with van der Waals surface area (Å²) in [5.41, 5.74) is 0.234. The molecule has 0 aromatic heterocycles. The summed E-state index contributed by atoms with van der Waals surface area (Å²) in [4.78, 5) is 11.2. The maximum absolute atomic E-state index is 11.2. The van der Waals surface area contributed by atoms with Crippen molar-refractivity contribution < 1.29 is 23.1 Å². The van der Waals surface area contributed by atoms with Gasteiger partial charge < -0.3 is 18.3 Å². The molecule has 0 bridgehead atoms. The molecule has 18 heavy (non-hydrogen) atoms. The molecule has 2 unspecified atom stereocenters. The van der Waals surface area contributed by atoms with E-state index in [1.54, 1.807) is 7.11 Å². The molecule has 5 nitrogen and oxygen atoms in total. The van der Waals surface area contributed by atoms with Gasteiger partial charge in [-0.15, -0.1) is 0 Å². The van der Waals surface area contributed by atoms with Crippen molar-refractivity contribution in [1.82, 2.24) is 0 Å². The van der Waals surface area contributed by atoms with Gasteiger partial charge in [0.15, 0.2) is 0 Å². The number of rotatable bonds is 9. The second kappa shape index (κ2) is 7.23. The maximum atomic E-state index is 11.2. The molecule has 0 saturated carbocycles. The van der Waals surface area contributed by atoms with Crippen molar-refractivity contribution in [2.45, 2.75) is 44.9 Å². The summed E-state index contributed by atoms with van der Waals surface area (Å²) < 4.78 is 21.6. The van der Waals surface area contributed by atoms with Crippen LogP contribution < -0.4 is 0 Å². The Bertz CT molecular complexity index is 267. The summed E-state index contributed by atoms with van der Waals surface area (Å²) in [5.74, 6) is -0.260. The van der Waals surface area contributed by atoms with Gasteiger partial charge in [-0.05, 0) is 6.42 Å². The fourth-order valence-electron chi connectivity index (χ4n) is 1.88. The van der Waals surface area contributed by atoms with Gasteiger partial charge in [0.1, 0.15) is 6.10 Å². The first-order valence-electron chi connectivity index (χ1n) is 6.44. The second-order valence-corrected chi connectivity index (χ2v) is 8.79. The Morgan fingerprint density at radius 1 is 1.50 bits per heavy atom. The van der Waals surface area contributed by atoms with Crippen LogP contribution in [-0.2, 0) is 23.1 Å². The molecule has 106 valence electrons. The quantitative estimate of drug-likeness (QED) is 0.365. The fraction of sp³-hybridized carbons (Fsp3) is 0.917. The highest BCUT2D eigenvalue weighted by atomic mass is 28.4. The zero-order valence-corrected chi connectivity index (χ0v) is 12.7. The van der Waals surface area contributed by atoms with Crippen molar-refractivity contribution in [2.75, 3.05) is 26.9 Å². The summed E-state index contributed by atoms with van der Waals surface area (Å²) >= 11 is 0. The SMILES string of the molecule is CO[Si](CCCOCC1CO1)(OC(C)=O)C(C)C. The van der Waals surface area contributed by atoms with Crippen LogP contribution in [0.5, 0.6) is 0 Å². The predicted molar refractivity (Wildman–Crippen MR) is 69.6 cm³/mol. The van der Waals surface area contributed by atoms with Crippen LogP contribution in [-0.4, -0.2) is 47.6 Å². The normalized spacial score (nSPS) is 21.7. The topological polar surface area (TPSA) is 57.3 Å². The highest BCUT2D eigenvalue weighted by Gasteiger charge is 2.42. The predicted octanol–water partition coefficient (Wildman–Crippen LogP) is 1.85. The van der Waals surface area contributed by atoms with E-state index in [0.717, 1.165) is 19.1 Å². The lowest BCUT2D eigenvalue weighted by molar-refractivity contribution is -0.134. The standard InChI is InChI=1S/C12H24O5Si/c1-10(2)18(14-4,17-11(3)13)7-5-6-15-8-12-9-16-12/h10,12H,5-9H2,1-4H3. The van der Waals surface area contributed by atoms with E-state index in [2.05, 4.69) is 0 Å². The third kappa shape index (κ3) is 5.05. The van der Waals surface area contributed by atoms with Crippen LogP contribution in [0.3, 0.4) is 0 Å². The largest absolute Gasteiger partial charge is 0.494 e. The first kappa shape index (κ1) is 15.6. The lowest BCUT2D eigenvalue weighted by atomic mass is 10.5. The van der Waals surface area contributed by atoms with Crippen molar-refractivity contribution in [3.05, 3.63) is 0 Å². The van der Waals surface area contributed by atoms with Gasteiger partial charge in [-0.2, -0.15) is 0 Å². The smallest absolute Gasteiger partial charge is 0.403 e. The van der Waals surface area contributed by atoms with Crippen LogP contribution in [0.15, 0.2) is 0 Å². The molecule has 1 saturated heterocycles. The molecule has 0 aromatic rings. The highest BCUT2D eigenvalue weighted by molar-refractivity contribution is 6.70. The van der Waals surface area contributed by atoms with Crippen LogP contribution in [0.1, 0.15) is 27.2 Å². The van der Waals surface area contributed by atoms with E-state index in [0.29, 0.717) is 19.3 Å². The van der Waals surface area contributed by atoms with Crippen LogP contribution in [0, 0.1) is 0 Å². The summed E-state index contributed by atoms with van der Waals surface area (Å²) in [6.45, 7) is 7.65. The molecular formula is C12H24O5Si. The lowest BCUT2D eigenvalue weighted by Gasteiger charge is -2.31. The van der Waals surface area contributed by atoms with E-state index in [1.807, 2.05) is 13.8 Å². The minimum Gasteiger partial charge on any atom is -0.494 e. The average molecular weight is 276 g/mol. The minimum atomic E-state index is -2.43. The van der Waals surface area contributed by atoms with Gasteiger partial charge in [0.05, 0.1) is 13.2 Å². The van der Waals surface area contributed by atoms with Gasteiger partial charge in [0.25, 0.3) is 5.97 Å². The number of ether oxygens (including phenoxy) is 2. The van der Waals surface area contributed by atoms with E-state index in [9.17, 15) is 4.79 Å². The molecule has 0 amide bonds. The Balaban J connectivity index is 2.31. The summed E-state index contributed by atoms with van der Waals surface area (Å²) in [6, 6.07) is 0.770. The van der Waals surface area contributed by atoms with E-state index in [4.69, 9.17) is 18.3 Å². The molecule has 1 aliphatic heterocycles. The highest BCUT2D eigenvalue weighted by Crippen LogP contribution is 2.28. The lowest BCUT2D eigenvalue weighted by Crippen LogP contribution is -2.45. The second-order valence-electron chi connectivity index (χ2n) is 4.90. The molecule has 0 radical (unpaired) electrons. The molecule has 1 rings (SSSR count). The molecular weight excluding hydrogens is 252 g/mol. The van der Waals surface area contributed by atoms with E-state index < -0.39 is 8.56 Å². The van der Waals surface area contributed by atoms with Crippen LogP contribution in [0.2, 0.25) is 11.6 Å². The monoisotopic (exact) mass is 276 g/mol. The minimum absolute atomic E-state index is 0.234. The number of carbonyl (C=O) groups is 1. The van der Waals surface area contributed by atoms with E-state index in [1.165, 1.54) is 6.92 Å². The first-order valence-corrected chi connectivity index (χ1v) is 8.54. The van der Waals surface area contributed by atoms with Crippen molar-refractivity contribution in [3.63, 3.8) is 0 Å². The summed E-state index contributed by atoms with van der Waals surface area (Å²) in [6.07, 6.45) is 1.14. The Labute approximate surface area is 110 Å². The third-order valence-electron chi connectivity index (χ3n) is 3.06. The average Bonchev–Trinajstić information content (AvgIpc) is 3.10. The molecule has 6 heteroatoms. The Kier molecular flexibility index (Phi) is 6.27. The summed E-state index contributed by atoms with van der Waals surface area (Å²) in [7, 11) is -0.799. The molecule has 1 fully saturated rings. The zero-order chi connectivity index (χ0) is 13.6. The van der Waals surface area contributed by atoms with Crippen LogP contribution in [0.4, 0.5) is 0 Å². The van der Waals surface area contributed by atoms with Gasteiger partial charge >= 0.3 is 8.56 Å². The molecule has 0 spiro atoms. The Hall–Kier alpha value is -0.433. The molecule has 0 aliphatic carbocycles. The Morgan fingerprint density at radius 2 is 2.17 bits per heavy atom. The summed E-state index contributed by atoms with van der Waals surface area (Å²) in [5, 5.41) is 0. The number of hydrogen-bond donors (Lipinski definition) is 0. The third-order valence-corrected chi connectivity index (χ3v) is 7.20. The van der Waals surface area contributed by atoms with Crippen molar-refractivity contribution in [3.8, 4) is 0 Å². The fourth-order valence-corrected chi connectivity index (χ4v) is 4.68. The van der Waals surface area contributed by atoms with Crippen molar-refractivity contribution in [1.29, 1.82) is 0 Å². The molecule has 1 aliphatic rings. The van der Waals surface area contributed by atoms with Gasteiger partial charge in [-0.1, -0.05) is 13.8 Å². The molecule has 1 heterocycles. The Morgan fingerprint density at radius 3 is 2.61 bits per heavy atom. The van der Waals surface area contributed by atoms with E-state index in [-0.39, 0.29) is 11.5 Å². The maximum Gasteiger partial charge on any atom is 0.403 e. The van der Waals surface area contributed by atoms with Crippen molar-refractivity contribution >= 4 is 14.5 Å². The first-order chi connectivity index (χ1) is 8.50. The molecule has 2 atom stereocenters. The zero-order valence-electron chi connectivity index (χ0n) is 11.7. The van der Waals surface area contributed by atoms with Gasteiger partial charge in [-0.3, -0.25) is 4.79 Å². The van der Waals surface area contributed by atoms with Gasteiger partial charge in [0, 0.05) is 32.2 Å². The van der Waals surface area contributed by atoms with Crippen LogP contribution >= 0.6 is 0 Å². The molecule has 0 N–H and O–H groups in total. The number of carbonyl (C=O) groups excluding carboxylic acids is 1. The van der Waals surface area contributed by atoms with Gasteiger partial charge in [0.2, 0.25) is 0 Å².